The number of methoxy groups -OCH3 is 1. The summed E-state index contributed by atoms with van der Waals surface area (Å²) in [7, 11) is 1.67. The first-order chi connectivity index (χ1) is 13.6. The fraction of sp³-hybridized carbons (Fsp3) is 0.333. The van der Waals surface area contributed by atoms with Gasteiger partial charge in [0.2, 0.25) is 5.95 Å². The molecule has 28 heavy (non-hydrogen) atoms. The first-order valence-electron chi connectivity index (χ1n) is 9.42. The van der Waals surface area contributed by atoms with Crippen molar-refractivity contribution in [3.8, 4) is 5.75 Å². The molecular formula is C21H24N6O. The van der Waals surface area contributed by atoms with Gasteiger partial charge in [0.15, 0.2) is 0 Å². The largest absolute Gasteiger partial charge is 0.497 e. The van der Waals surface area contributed by atoms with Crippen LogP contribution in [-0.2, 0) is 19.5 Å². The summed E-state index contributed by atoms with van der Waals surface area (Å²) < 4.78 is 5.21. The highest BCUT2D eigenvalue weighted by molar-refractivity contribution is 5.45. The van der Waals surface area contributed by atoms with Crippen molar-refractivity contribution in [2.75, 3.05) is 17.3 Å². The van der Waals surface area contributed by atoms with E-state index in [9.17, 15) is 0 Å². The highest BCUT2D eigenvalue weighted by Gasteiger charge is 2.23. The Morgan fingerprint density at radius 1 is 1.07 bits per heavy atom. The van der Waals surface area contributed by atoms with Crippen LogP contribution in [0, 0.1) is 0 Å². The zero-order chi connectivity index (χ0) is 19.5. The van der Waals surface area contributed by atoms with E-state index in [0.29, 0.717) is 25.0 Å². The van der Waals surface area contributed by atoms with E-state index in [0.717, 1.165) is 40.8 Å². The predicted molar refractivity (Wildman–Crippen MR) is 109 cm³/mol. The zero-order valence-corrected chi connectivity index (χ0v) is 16.4. The maximum Gasteiger partial charge on any atom is 0.227 e. The Morgan fingerprint density at radius 3 is 2.64 bits per heavy atom. The van der Waals surface area contributed by atoms with Crippen LogP contribution in [0.25, 0.3) is 0 Å². The summed E-state index contributed by atoms with van der Waals surface area (Å²) in [5.74, 6) is 3.22. The average molecular weight is 376 g/mol. The van der Waals surface area contributed by atoms with Crippen molar-refractivity contribution in [2.24, 2.45) is 0 Å². The number of hydrogen-bond donors (Lipinski definition) is 1. The molecule has 4 rings (SSSR count). The topological polar surface area (TPSA) is 76.1 Å². The summed E-state index contributed by atoms with van der Waals surface area (Å²) in [6.45, 7) is 5.60. The van der Waals surface area contributed by atoms with Crippen LogP contribution in [-0.4, -0.2) is 33.1 Å². The minimum absolute atomic E-state index is 0.324. The lowest BCUT2D eigenvalue weighted by atomic mass is 10.1. The third-order valence-electron chi connectivity index (χ3n) is 4.59. The maximum atomic E-state index is 5.21. The number of fused-ring (bicyclic) bond motifs is 1. The molecule has 3 heterocycles. The number of aromatic nitrogens is 4. The third kappa shape index (κ3) is 4.03. The van der Waals surface area contributed by atoms with Crippen molar-refractivity contribution in [1.82, 2.24) is 19.9 Å². The van der Waals surface area contributed by atoms with E-state index in [1.165, 1.54) is 0 Å². The van der Waals surface area contributed by atoms with E-state index >= 15 is 0 Å². The molecule has 1 aliphatic heterocycles. The van der Waals surface area contributed by atoms with Gasteiger partial charge in [-0.15, -0.1) is 0 Å². The Balaban J connectivity index is 1.48. The fourth-order valence-corrected chi connectivity index (χ4v) is 3.22. The maximum absolute atomic E-state index is 5.21. The second kappa shape index (κ2) is 7.80. The van der Waals surface area contributed by atoms with Gasteiger partial charge >= 0.3 is 0 Å². The summed E-state index contributed by atoms with van der Waals surface area (Å²) in [5.41, 5.74) is 3.33. The monoisotopic (exact) mass is 376 g/mol. The van der Waals surface area contributed by atoms with E-state index in [1.54, 1.807) is 13.3 Å². The zero-order valence-electron chi connectivity index (χ0n) is 16.4. The second-order valence-electron chi connectivity index (χ2n) is 7.18. The van der Waals surface area contributed by atoms with Gasteiger partial charge < -0.3 is 15.0 Å². The molecule has 0 bridgehead atoms. The first-order valence-corrected chi connectivity index (χ1v) is 9.42. The van der Waals surface area contributed by atoms with Crippen LogP contribution in [0.3, 0.4) is 0 Å². The van der Waals surface area contributed by atoms with Gasteiger partial charge in [-0.05, 0) is 37.6 Å². The first kappa shape index (κ1) is 18.2. The van der Waals surface area contributed by atoms with Crippen LogP contribution in [0.4, 0.5) is 11.8 Å². The molecule has 0 aliphatic carbocycles. The van der Waals surface area contributed by atoms with Gasteiger partial charge in [0.05, 0.1) is 19.3 Å². The summed E-state index contributed by atoms with van der Waals surface area (Å²) in [4.78, 5) is 20.5. The Kier molecular flexibility index (Phi) is 5.06. The summed E-state index contributed by atoms with van der Waals surface area (Å²) in [6.07, 6.45) is 4.41. The number of nitrogens with one attached hydrogen (secondary N) is 1. The van der Waals surface area contributed by atoms with Gasteiger partial charge in [0, 0.05) is 37.0 Å². The molecule has 7 nitrogen and oxygen atoms in total. The van der Waals surface area contributed by atoms with Crippen molar-refractivity contribution in [3.63, 3.8) is 0 Å². The molecule has 0 atom stereocenters. The number of rotatable bonds is 6. The molecule has 1 aliphatic rings. The summed E-state index contributed by atoms with van der Waals surface area (Å²) in [5, 5.41) is 3.32. The normalized spacial score (nSPS) is 12.9. The molecule has 1 aromatic carbocycles. The average Bonchev–Trinajstić information content (AvgIpc) is 3.12. The predicted octanol–water partition coefficient (Wildman–Crippen LogP) is 3.21. The molecule has 0 radical (unpaired) electrons. The molecule has 0 amide bonds. The molecule has 2 aromatic heterocycles. The molecule has 0 fully saturated rings. The Labute approximate surface area is 164 Å². The van der Waals surface area contributed by atoms with Crippen LogP contribution in [0.15, 0.2) is 42.7 Å². The Morgan fingerprint density at radius 2 is 1.89 bits per heavy atom. The van der Waals surface area contributed by atoms with Crippen molar-refractivity contribution in [1.29, 1.82) is 0 Å². The van der Waals surface area contributed by atoms with Crippen molar-refractivity contribution in [3.05, 3.63) is 65.4 Å². The van der Waals surface area contributed by atoms with Crippen LogP contribution in [0.1, 0.15) is 36.5 Å². The summed E-state index contributed by atoms with van der Waals surface area (Å²) >= 11 is 0. The van der Waals surface area contributed by atoms with E-state index in [2.05, 4.69) is 39.0 Å². The lowest BCUT2D eigenvalue weighted by molar-refractivity contribution is 0.414. The molecule has 7 heteroatoms. The number of benzene rings is 1. The molecule has 0 saturated heterocycles. The molecule has 3 aromatic rings. The number of ether oxygens (including phenoxy) is 1. The highest BCUT2D eigenvalue weighted by atomic mass is 16.5. The minimum Gasteiger partial charge on any atom is -0.497 e. The summed E-state index contributed by atoms with van der Waals surface area (Å²) in [6, 6.07) is 10.2. The van der Waals surface area contributed by atoms with Gasteiger partial charge in [-0.3, -0.25) is 0 Å². The molecule has 0 saturated carbocycles. The molecule has 144 valence electrons. The van der Waals surface area contributed by atoms with Gasteiger partial charge in [0.25, 0.3) is 0 Å². The van der Waals surface area contributed by atoms with Gasteiger partial charge in [0.1, 0.15) is 17.4 Å². The minimum atomic E-state index is 0.324. The fourth-order valence-electron chi connectivity index (χ4n) is 3.22. The lowest BCUT2D eigenvalue weighted by Gasteiger charge is -2.16. The van der Waals surface area contributed by atoms with Crippen molar-refractivity contribution >= 4 is 11.8 Å². The Bertz CT molecular complexity index is 957. The van der Waals surface area contributed by atoms with Crippen LogP contribution >= 0.6 is 0 Å². The van der Waals surface area contributed by atoms with E-state index < -0.39 is 0 Å². The standard InChI is InChI=1S/C21H24N6O/c1-14(2)24-19-8-9-22-21(26-19)27-12-16-11-23-20(25-18(16)13-27)10-15-4-6-17(28-3)7-5-15/h4-9,11,14H,10,12-13H2,1-3H3,(H,22,24,26). The molecule has 1 N–H and O–H groups in total. The molecular weight excluding hydrogens is 352 g/mol. The highest BCUT2D eigenvalue weighted by Crippen LogP contribution is 2.25. The quantitative estimate of drug-likeness (QED) is 0.708. The third-order valence-corrected chi connectivity index (χ3v) is 4.59. The molecule has 0 unspecified atom stereocenters. The van der Waals surface area contributed by atoms with Crippen LogP contribution in [0.5, 0.6) is 5.75 Å². The van der Waals surface area contributed by atoms with E-state index in [4.69, 9.17) is 9.72 Å². The van der Waals surface area contributed by atoms with E-state index in [1.807, 2.05) is 36.5 Å². The second-order valence-corrected chi connectivity index (χ2v) is 7.18. The number of hydrogen-bond acceptors (Lipinski definition) is 7. The van der Waals surface area contributed by atoms with Gasteiger partial charge in [-0.2, -0.15) is 4.98 Å². The van der Waals surface area contributed by atoms with Crippen molar-refractivity contribution in [2.45, 2.75) is 39.4 Å². The van der Waals surface area contributed by atoms with E-state index in [-0.39, 0.29) is 0 Å². The van der Waals surface area contributed by atoms with Crippen LogP contribution < -0.4 is 15.0 Å². The van der Waals surface area contributed by atoms with Gasteiger partial charge in [-0.1, -0.05) is 12.1 Å². The molecule has 0 spiro atoms. The Hall–Kier alpha value is -3.22. The van der Waals surface area contributed by atoms with Crippen LogP contribution in [0.2, 0.25) is 0 Å². The number of anilines is 2. The SMILES string of the molecule is COc1ccc(Cc2ncc3c(n2)CN(c2nccc(NC(C)C)n2)C3)cc1. The lowest BCUT2D eigenvalue weighted by Crippen LogP contribution is -2.19. The van der Waals surface area contributed by atoms with Gasteiger partial charge in [-0.25, -0.2) is 15.0 Å². The smallest absolute Gasteiger partial charge is 0.227 e. The number of nitrogens with zero attached hydrogens (tertiary/aromatic N) is 5. The van der Waals surface area contributed by atoms with Crippen molar-refractivity contribution < 1.29 is 4.74 Å².